The van der Waals surface area contributed by atoms with Gasteiger partial charge < -0.3 is 24.4 Å². The van der Waals surface area contributed by atoms with Crippen molar-refractivity contribution >= 4 is 11.9 Å². The number of ether oxygens (including phenoxy) is 3. The first kappa shape index (κ1) is 12.9. The number of esters is 2. The smallest absolute Gasteiger partial charge is 0.303 e. The van der Waals surface area contributed by atoms with Gasteiger partial charge >= 0.3 is 11.9 Å². The first-order valence-corrected chi connectivity index (χ1v) is 4.74. The minimum absolute atomic E-state index is 0.452. The van der Waals surface area contributed by atoms with Crippen molar-refractivity contribution < 1.29 is 34.0 Å². The highest BCUT2D eigenvalue weighted by Gasteiger charge is 2.48. The summed E-state index contributed by atoms with van der Waals surface area (Å²) in [6.07, 6.45) is -4.42. The van der Waals surface area contributed by atoms with Crippen LogP contribution >= 0.6 is 0 Å². The van der Waals surface area contributed by atoms with Crippen molar-refractivity contribution in [1.29, 1.82) is 0 Å². The second-order valence-corrected chi connectivity index (χ2v) is 3.40. The van der Waals surface area contributed by atoms with E-state index >= 15 is 0 Å². The van der Waals surface area contributed by atoms with Crippen molar-refractivity contribution in [1.82, 2.24) is 0 Å². The molecule has 1 unspecified atom stereocenters. The minimum Gasteiger partial charge on any atom is -0.455 e. The van der Waals surface area contributed by atoms with Crippen LogP contribution in [0.25, 0.3) is 0 Å². The van der Waals surface area contributed by atoms with Crippen LogP contribution in [0.2, 0.25) is 0 Å². The van der Waals surface area contributed by atoms with Crippen LogP contribution in [-0.2, 0) is 23.8 Å². The molecule has 7 heteroatoms. The molecule has 0 aromatic rings. The molecule has 92 valence electrons. The van der Waals surface area contributed by atoms with E-state index in [1.165, 1.54) is 6.92 Å². The summed E-state index contributed by atoms with van der Waals surface area (Å²) in [5, 5.41) is 18.4. The summed E-state index contributed by atoms with van der Waals surface area (Å²) >= 11 is 0. The van der Waals surface area contributed by atoms with Crippen LogP contribution < -0.4 is 0 Å². The molecular formula is C9H14O7. The van der Waals surface area contributed by atoms with E-state index in [2.05, 4.69) is 0 Å². The maximum atomic E-state index is 10.8. The molecule has 16 heavy (non-hydrogen) atoms. The molecule has 0 amide bonds. The number of aliphatic hydroxyl groups is 2. The number of rotatable bonds is 3. The second-order valence-electron chi connectivity index (χ2n) is 3.40. The Labute approximate surface area is 91.9 Å². The normalized spacial score (nSPS) is 33.5. The summed E-state index contributed by atoms with van der Waals surface area (Å²) < 4.78 is 14.5. The van der Waals surface area contributed by atoms with E-state index in [9.17, 15) is 14.7 Å². The summed E-state index contributed by atoms with van der Waals surface area (Å²) in [6, 6.07) is 0. The standard InChI is InChI=1S/C9H14O7/c1-4(11)14-7-6(3-10)16-9(13)8(7)15-5(2)12/h6-10,13H,3H2,1-2H3/t6-,7-,8+,9?/m1/s1. The van der Waals surface area contributed by atoms with Crippen molar-refractivity contribution in [3.8, 4) is 0 Å². The Kier molecular flexibility index (Phi) is 4.22. The van der Waals surface area contributed by atoms with Crippen molar-refractivity contribution in [2.24, 2.45) is 0 Å². The Morgan fingerprint density at radius 3 is 2.12 bits per heavy atom. The fourth-order valence-corrected chi connectivity index (χ4v) is 1.51. The lowest BCUT2D eigenvalue weighted by Crippen LogP contribution is -2.40. The fraction of sp³-hybridized carbons (Fsp3) is 0.778. The average Bonchev–Trinajstić information content (AvgIpc) is 2.44. The van der Waals surface area contributed by atoms with Gasteiger partial charge in [0.15, 0.2) is 18.5 Å². The van der Waals surface area contributed by atoms with E-state index in [1.54, 1.807) is 0 Å². The lowest BCUT2D eigenvalue weighted by Gasteiger charge is -2.21. The highest BCUT2D eigenvalue weighted by molar-refractivity contribution is 5.67. The Bertz CT molecular complexity index is 277. The lowest BCUT2D eigenvalue weighted by molar-refractivity contribution is -0.174. The van der Waals surface area contributed by atoms with Crippen LogP contribution in [0, 0.1) is 0 Å². The molecule has 1 rings (SSSR count). The highest BCUT2D eigenvalue weighted by Crippen LogP contribution is 2.25. The molecule has 0 saturated carbocycles. The average molecular weight is 234 g/mol. The molecule has 1 heterocycles. The van der Waals surface area contributed by atoms with Crippen molar-refractivity contribution in [3.63, 3.8) is 0 Å². The zero-order valence-electron chi connectivity index (χ0n) is 8.95. The zero-order chi connectivity index (χ0) is 12.3. The molecule has 0 spiro atoms. The Hall–Kier alpha value is -1.18. The van der Waals surface area contributed by atoms with Crippen LogP contribution in [0.4, 0.5) is 0 Å². The molecule has 1 fully saturated rings. The summed E-state index contributed by atoms with van der Waals surface area (Å²) in [7, 11) is 0. The predicted molar refractivity (Wildman–Crippen MR) is 49.1 cm³/mol. The molecule has 1 saturated heterocycles. The van der Waals surface area contributed by atoms with Crippen molar-refractivity contribution in [2.45, 2.75) is 38.4 Å². The summed E-state index contributed by atoms with van der Waals surface area (Å²) in [4.78, 5) is 21.6. The van der Waals surface area contributed by atoms with E-state index in [4.69, 9.17) is 19.3 Å². The Balaban J connectivity index is 2.76. The summed E-state index contributed by atoms with van der Waals surface area (Å²) in [5.41, 5.74) is 0. The summed E-state index contributed by atoms with van der Waals surface area (Å²) in [5.74, 6) is -1.25. The lowest BCUT2D eigenvalue weighted by atomic mass is 10.1. The van der Waals surface area contributed by atoms with Gasteiger partial charge in [0, 0.05) is 13.8 Å². The molecular weight excluding hydrogens is 220 g/mol. The third-order valence-electron chi connectivity index (χ3n) is 2.07. The molecule has 4 atom stereocenters. The number of carbonyl (C=O) groups is 2. The van der Waals surface area contributed by atoms with Gasteiger partial charge in [0.05, 0.1) is 6.61 Å². The number of hydrogen-bond donors (Lipinski definition) is 2. The van der Waals surface area contributed by atoms with Crippen molar-refractivity contribution in [3.05, 3.63) is 0 Å². The number of aliphatic hydroxyl groups excluding tert-OH is 2. The maximum Gasteiger partial charge on any atom is 0.303 e. The predicted octanol–water partition coefficient (Wildman–Crippen LogP) is -1.44. The van der Waals surface area contributed by atoms with Gasteiger partial charge in [-0.1, -0.05) is 0 Å². The van der Waals surface area contributed by atoms with E-state index in [0.29, 0.717) is 0 Å². The third-order valence-corrected chi connectivity index (χ3v) is 2.07. The monoisotopic (exact) mass is 234 g/mol. The van der Waals surface area contributed by atoms with Crippen LogP contribution in [-0.4, -0.2) is 53.4 Å². The maximum absolute atomic E-state index is 10.8. The van der Waals surface area contributed by atoms with Gasteiger partial charge in [-0.05, 0) is 0 Å². The molecule has 0 aromatic carbocycles. The first-order valence-electron chi connectivity index (χ1n) is 4.74. The first-order chi connectivity index (χ1) is 7.45. The molecule has 7 nitrogen and oxygen atoms in total. The van der Waals surface area contributed by atoms with E-state index in [1.807, 2.05) is 0 Å². The van der Waals surface area contributed by atoms with Gasteiger partial charge in [-0.3, -0.25) is 9.59 Å². The highest BCUT2D eigenvalue weighted by atomic mass is 16.7. The van der Waals surface area contributed by atoms with Gasteiger partial charge in [-0.2, -0.15) is 0 Å². The van der Waals surface area contributed by atoms with Crippen LogP contribution in [0.1, 0.15) is 13.8 Å². The molecule has 0 aromatic heterocycles. The molecule has 0 aliphatic carbocycles. The molecule has 1 aliphatic heterocycles. The van der Waals surface area contributed by atoms with Crippen molar-refractivity contribution in [2.75, 3.05) is 6.61 Å². The molecule has 1 aliphatic rings. The van der Waals surface area contributed by atoms with Gasteiger partial charge in [0.1, 0.15) is 6.10 Å². The Morgan fingerprint density at radius 2 is 1.69 bits per heavy atom. The minimum atomic E-state index is -1.41. The van der Waals surface area contributed by atoms with E-state index in [0.717, 1.165) is 6.92 Å². The molecule has 0 bridgehead atoms. The SMILES string of the molecule is CC(=O)O[C@H]1[C@H](OC(C)=O)C(O)O[C@@H]1CO. The van der Waals surface area contributed by atoms with E-state index in [-0.39, 0.29) is 0 Å². The zero-order valence-corrected chi connectivity index (χ0v) is 8.95. The quantitative estimate of drug-likeness (QED) is 0.576. The van der Waals surface area contributed by atoms with Crippen LogP contribution in [0.3, 0.4) is 0 Å². The molecule has 0 radical (unpaired) electrons. The van der Waals surface area contributed by atoms with Gasteiger partial charge in [-0.25, -0.2) is 0 Å². The van der Waals surface area contributed by atoms with E-state index < -0.39 is 43.1 Å². The second kappa shape index (κ2) is 5.24. The Morgan fingerprint density at radius 1 is 1.19 bits per heavy atom. The van der Waals surface area contributed by atoms with Crippen LogP contribution in [0.5, 0.6) is 0 Å². The summed E-state index contributed by atoms with van der Waals surface area (Å²) in [6.45, 7) is 1.88. The van der Waals surface area contributed by atoms with Gasteiger partial charge in [0.25, 0.3) is 0 Å². The van der Waals surface area contributed by atoms with Gasteiger partial charge in [0.2, 0.25) is 0 Å². The topological polar surface area (TPSA) is 102 Å². The number of carbonyl (C=O) groups excluding carboxylic acids is 2. The van der Waals surface area contributed by atoms with Gasteiger partial charge in [-0.15, -0.1) is 0 Å². The fourth-order valence-electron chi connectivity index (χ4n) is 1.51. The van der Waals surface area contributed by atoms with Crippen LogP contribution in [0.15, 0.2) is 0 Å². The largest absolute Gasteiger partial charge is 0.455 e. The molecule has 2 N–H and O–H groups in total. The third kappa shape index (κ3) is 2.91. The number of hydrogen-bond acceptors (Lipinski definition) is 7.